The number of fused-ring (bicyclic) bond motifs is 2. The van der Waals surface area contributed by atoms with Gasteiger partial charge in [0.25, 0.3) is 0 Å². The van der Waals surface area contributed by atoms with Gasteiger partial charge in [-0.2, -0.15) is 0 Å². The molecule has 5 nitrogen and oxygen atoms in total. The summed E-state index contributed by atoms with van der Waals surface area (Å²) < 4.78 is 0. The molecule has 1 unspecified atom stereocenters. The largest absolute Gasteiger partial charge is 0.348 e. The molecule has 0 saturated carbocycles. The maximum Gasteiger partial charge on any atom is 0.130 e. The molecular weight excluding hydrogens is 226 g/mol. The van der Waals surface area contributed by atoms with Gasteiger partial charge in [-0.3, -0.25) is 0 Å². The number of aromatic nitrogens is 4. The zero-order valence-electron chi connectivity index (χ0n) is 9.77. The van der Waals surface area contributed by atoms with E-state index in [2.05, 4.69) is 25.3 Å². The number of hydrogen-bond acceptors (Lipinski definition) is 3. The second-order valence-electron chi connectivity index (χ2n) is 4.54. The summed E-state index contributed by atoms with van der Waals surface area (Å²) in [4.78, 5) is 15.6. The number of nitrogens with one attached hydrogen (secondary N) is 3. The number of H-pyrrole nitrogens is 2. The second-order valence-corrected chi connectivity index (χ2v) is 4.54. The summed E-state index contributed by atoms with van der Waals surface area (Å²) in [5.41, 5.74) is 4.33. The molecule has 3 heterocycles. The Labute approximate surface area is 104 Å². The molecule has 0 amide bonds. The van der Waals surface area contributed by atoms with Crippen LogP contribution in [0.1, 0.15) is 23.3 Å². The third-order valence-corrected chi connectivity index (χ3v) is 3.43. The summed E-state index contributed by atoms with van der Waals surface area (Å²) in [6.07, 6.45) is 2.75. The number of nitrogens with zero attached hydrogens (tertiary/aromatic N) is 2. The van der Waals surface area contributed by atoms with Gasteiger partial charge in [-0.25, -0.2) is 9.97 Å². The summed E-state index contributed by atoms with van der Waals surface area (Å²) in [6.45, 7) is 0.941. The van der Waals surface area contributed by atoms with E-state index in [1.807, 2.05) is 24.3 Å². The van der Waals surface area contributed by atoms with Crippen molar-refractivity contribution >= 4 is 11.0 Å². The van der Waals surface area contributed by atoms with Crippen molar-refractivity contribution in [2.24, 2.45) is 0 Å². The van der Waals surface area contributed by atoms with Gasteiger partial charge in [-0.15, -0.1) is 0 Å². The highest BCUT2D eigenvalue weighted by Crippen LogP contribution is 2.25. The van der Waals surface area contributed by atoms with Gasteiger partial charge in [0.05, 0.1) is 23.1 Å². The van der Waals surface area contributed by atoms with Crippen molar-refractivity contribution < 1.29 is 0 Å². The lowest BCUT2D eigenvalue weighted by Crippen LogP contribution is -2.31. The second kappa shape index (κ2) is 3.68. The van der Waals surface area contributed by atoms with Crippen LogP contribution in [0, 0.1) is 0 Å². The lowest BCUT2D eigenvalue weighted by atomic mass is 10.1. The summed E-state index contributed by atoms with van der Waals surface area (Å²) in [5, 5.41) is 3.46. The molecular formula is C13H13N5. The summed E-state index contributed by atoms with van der Waals surface area (Å²) >= 11 is 0. The lowest BCUT2D eigenvalue weighted by Gasteiger charge is -2.20. The van der Waals surface area contributed by atoms with Crippen LogP contribution in [0.3, 0.4) is 0 Å². The van der Waals surface area contributed by atoms with Crippen LogP contribution >= 0.6 is 0 Å². The van der Waals surface area contributed by atoms with Crippen molar-refractivity contribution in [2.75, 3.05) is 6.54 Å². The van der Waals surface area contributed by atoms with Crippen LogP contribution in [0.2, 0.25) is 0 Å². The molecule has 0 bridgehead atoms. The number of aromatic amines is 2. The van der Waals surface area contributed by atoms with E-state index in [0.29, 0.717) is 0 Å². The average Bonchev–Trinajstić information content (AvgIpc) is 3.04. The molecule has 3 N–H and O–H groups in total. The molecule has 4 rings (SSSR count). The number of imidazole rings is 2. The van der Waals surface area contributed by atoms with E-state index in [-0.39, 0.29) is 6.04 Å². The van der Waals surface area contributed by atoms with E-state index in [1.54, 1.807) is 6.33 Å². The lowest BCUT2D eigenvalue weighted by molar-refractivity contribution is 0.535. The molecule has 0 fully saturated rings. The zero-order valence-corrected chi connectivity index (χ0v) is 9.77. The number of hydrogen-bond donors (Lipinski definition) is 3. The van der Waals surface area contributed by atoms with Gasteiger partial charge < -0.3 is 15.3 Å². The molecule has 0 aliphatic carbocycles. The minimum Gasteiger partial charge on any atom is -0.348 e. The van der Waals surface area contributed by atoms with E-state index in [1.165, 1.54) is 5.69 Å². The first-order valence-electron chi connectivity index (χ1n) is 6.12. The predicted octanol–water partition coefficient (Wildman–Crippen LogP) is 1.52. The number of para-hydroxylation sites is 2. The van der Waals surface area contributed by atoms with Crippen LogP contribution in [0.4, 0.5) is 0 Å². The van der Waals surface area contributed by atoms with Crippen LogP contribution in [-0.4, -0.2) is 26.5 Å². The molecule has 1 aromatic carbocycles. The Morgan fingerprint density at radius 3 is 3.11 bits per heavy atom. The first-order chi connectivity index (χ1) is 8.92. The molecule has 3 aromatic rings. The van der Waals surface area contributed by atoms with Gasteiger partial charge in [-0.1, -0.05) is 12.1 Å². The van der Waals surface area contributed by atoms with Crippen LogP contribution < -0.4 is 5.32 Å². The molecule has 2 aromatic heterocycles. The molecule has 0 saturated heterocycles. The van der Waals surface area contributed by atoms with Gasteiger partial charge in [0.2, 0.25) is 0 Å². The standard InChI is InChI=1S/C13H13N5/c1-2-4-9-8(3-1)17-13(18-9)12-11-10(5-6-14-12)15-7-16-11/h1-4,7,12,14H,5-6H2,(H,15,16)(H,17,18). The highest BCUT2D eigenvalue weighted by molar-refractivity contribution is 5.74. The van der Waals surface area contributed by atoms with Gasteiger partial charge >= 0.3 is 0 Å². The summed E-state index contributed by atoms with van der Waals surface area (Å²) in [5.74, 6) is 0.934. The monoisotopic (exact) mass is 239 g/mol. The van der Waals surface area contributed by atoms with Crippen LogP contribution in [-0.2, 0) is 6.42 Å². The Balaban J connectivity index is 1.84. The highest BCUT2D eigenvalue weighted by atomic mass is 15.1. The molecule has 18 heavy (non-hydrogen) atoms. The van der Waals surface area contributed by atoms with Crippen LogP contribution in [0.5, 0.6) is 0 Å². The third-order valence-electron chi connectivity index (χ3n) is 3.43. The fourth-order valence-corrected chi connectivity index (χ4v) is 2.55. The molecule has 0 spiro atoms. The summed E-state index contributed by atoms with van der Waals surface area (Å²) in [7, 11) is 0. The average molecular weight is 239 g/mol. The van der Waals surface area contributed by atoms with Crippen LogP contribution in [0.15, 0.2) is 30.6 Å². The maximum atomic E-state index is 4.64. The van der Waals surface area contributed by atoms with Gasteiger partial charge in [-0.05, 0) is 12.1 Å². The van der Waals surface area contributed by atoms with Crippen LogP contribution in [0.25, 0.3) is 11.0 Å². The first-order valence-corrected chi connectivity index (χ1v) is 6.12. The van der Waals surface area contributed by atoms with E-state index in [4.69, 9.17) is 0 Å². The third kappa shape index (κ3) is 1.37. The van der Waals surface area contributed by atoms with Crippen molar-refractivity contribution in [2.45, 2.75) is 12.5 Å². The van der Waals surface area contributed by atoms with Gasteiger partial charge in [0.1, 0.15) is 11.9 Å². The van der Waals surface area contributed by atoms with Crippen molar-refractivity contribution in [1.29, 1.82) is 0 Å². The van der Waals surface area contributed by atoms with Crippen molar-refractivity contribution in [3.63, 3.8) is 0 Å². The molecule has 5 heteroatoms. The molecule has 1 atom stereocenters. The van der Waals surface area contributed by atoms with E-state index < -0.39 is 0 Å². The Bertz CT molecular complexity index is 663. The zero-order chi connectivity index (χ0) is 11.9. The quantitative estimate of drug-likeness (QED) is 0.603. The molecule has 1 aliphatic rings. The summed E-state index contributed by atoms with van der Waals surface area (Å²) in [6, 6.07) is 8.14. The van der Waals surface area contributed by atoms with Gasteiger partial charge in [0, 0.05) is 18.7 Å². The van der Waals surface area contributed by atoms with Crippen molar-refractivity contribution in [1.82, 2.24) is 25.3 Å². The minimum atomic E-state index is 0.0624. The molecule has 1 aliphatic heterocycles. The maximum absolute atomic E-state index is 4.64. The van der Waals surface area contributed by atoms with Crippen molar-refractivity contribution in [3.8, 4) is 0 Å². The topological polar surface area (TPSA) is 69.4 Å². The SMILES string of the molecule is c1ccc2[nH]c(C3NCCc4[nH]cnc43)nc2c1. The highest BCUT2D eigenvalue weighted by Gasteiger charge is 2.26. The number of rotatable bonds is 1. The fourth-order valence-electron chi connectivity index (χ4n) is 2.55. The van der Waals surface area contributed by atoms with E-state index in [0.717, 1.165) is 35.5 Å². The Morgan fingerprint density at radius 1 is 1.22 bits per heavy atom. The Hall–Kier alpha value is -2.14. The Morgan fingerprint density at radius 2 is 2.17 bits per heavy atom. The smallest absolute Gasteiger partial charge is 0.130 e. The fraction of sp³-hybridized carbons (Fsp3) is 0.231. The predicted molar refractivity (Wildman–Crippen MR) is 68.2 cm³/mol. The molecule has 0 radical (unpaired) electrons. The van der Waals surface area contributed by atoms with E-state index in [9.17, 15) is 0 Å². The van der Waals surface area contributed by atoms with E-state index >= 15 is 0 Å². The number of benzene rings is 1. The van der Waals surface area contributed by atoms with Crippen molar-refractivity contribution in [3.05, 3.63) is 47.8 Å². The minimum absolute atomic E-state index is 0.0624. The first kappa shape index (κ1) is 9.85. The normalized spacial score (nSPS) is 19.0. The Kier molecular flexibility index (Phi) is 2.01. The van der Waals surface area contributed by atoms with Gasteiger partial charge in [0.15, 0.2) is 0 Å². The molecule has 90 valence electrons.